The summed E-state index contributed by atoms with van der Waals surface area (Å²) in [6, 6.07) is 23.2. The normalized spacial score (nSPS) is 14.5. The smallest absolute Gasteiger partial charge is 0.223 e. The van der Waals surface area contributed by atoms with E-state index < -0.39 is 0 Å². The number of nitrogens with zero attached hydrogens (tertiary/aromatic N) is 2. The Hall–Kier alpha value is -3.40. The first-order valence-electron chi connectivity index (χ1n) is 10.7. The lowest BCUT2D eigenvalue weighted by atomic mass is 9.87. The molecule has 0 spiro atoms. The predicted molar refractivity (Wildman–Crippen MR) is 121 cm³/mol. The molecule has 0 N–H and O–H groups in total. The third kappa shape index (κ3) is 3.74. The average Bonchev–Trinajstić information content (AvgIpc) is 3.13. The van der Waals surface area contributed by atoms with Crippen molar-refractivity contribution in [3.8, 4) is 0 Å². The second-order valence-corrected chi connectivity index (χ2v) is 8.36. The number of carbonyl (C=O) groups is 1. The van der Waals surface area contributed by atoms with Crippen molar-refractivity contribution < 1.29 is 9.18 Å². The third-order valence-electron chi connectivity index (χ3n) is 6.42. The number of para-hydroxylation sites is 1. The van der Waals surface area contributed by atoms with Crippen molar-refractivity contribution in [2.75, 3.05) is 6.54 Å². The van der Waals surface area contributed by atoms with Crippen molar-refractivity contribution >= 4 is 16.8 Å². The van der Waals surface area contributed by atoms with Crippen LogP contribution in [0.5, 0.6) is 0 Å². The van der Waals surface area contributed by atoms with Gasteiger partial charge in [-0.05, 0) is 46.9 Å². The highest BCUT2D eigenvalue weighted by Gasteiger charge is 2.27. The summed E-state index contributed by atoms with van der Waals surface area (Å²) in [5, 5.41) is 1.11. The molecule has 0 fully saturated rings. The van der Waals surface area contributed by atoms with Gasteiger partial charge in [0.15, 0.2) is 0 Å². The number of benzene rings is 3. The lowest BCUT2D eigenvalue weighted by Crippen LogP contribution is -2.36. The Morgan fingerprint density at radius 1 is 1.00 bits per heavy atom. The van der Waals surface area contributed by atoms with E-state index in [-0.39, 0.29) is 17.6 Å². The van der Waals surface area contributed by atoms with E-state index in [0.29, 0.717) is 13.0 Å². The SMILES string of the molecule is Cn1cc(C(CC(=O)N2CCc3ccccc3C2)c2cccc(F)c2)c2ccccc21. The minimum atomic E-state index is -0.276. The minimum absolute atomic E-state index is 0.108. The van der Waals surface area contributed by atoms with Crippen LogP contribution in [0.4, 0.5) is 4.39 Å². The number of hydrogen-bond donors (Lipinski definition) is 0. The van der Waals surface area contributed by atoms with Gasteiger partial charge in [-0.15, -0.1) is 0 Å². The highest BCUT2D eigenvalue weighted by molar-refractivity contribution is 5.86. The largest absolute Gasteiger partial charge is 0.350 e. The van der Waals surface area contributed by atoms with Crippen LogP contribution in [-0.4, -0.2) is 21.9 Å². The maximum Gasteiger partial charge on any atom is 0.223 e. The van der Waals surface area contributed by atoms with Crippen molar-refractivity contribution in [1.82, 2.24) is 9.47 Å². The zero-order valence-corrected chi connectivity index (χ0v) is 17.6. The van der Waals surface area contributed by atoms with Gasteiger partial charge in [-0.2, -0.15) is 0 Å². The number of carbonyl (C=O) groups excluding carboxylic acids is 1. The molecule has 0 bridgehead atoms. The van der Waals surface area contributed by atoms with E-state index in [2.05, 4.69) is 41.1 Å². The summed E-state index contributed by atoms with van der Waals surface area (Å²) >= 11 is 0. The number of amides is 1. The van der Waals surface area contributed by atoms with Crippen LogP contribution in [0.25, 0.3) is 10.9 Å². The maximum atomic E-state index is 14.1. The fourth-order valence-electron chi connectivity index (χ4n) is 4.79. The molecule has 0 aliphatic carbocycles. The van der Waals surface area contributed by atoms with Crippen molar-refractivity contribution in [1.29, 1.82) is 0 Å². The molecule has 4 heteroatoms. The summed E-state index contributed by atoms with van der Waals surface area (Å²) in [4.78, 5) is 15.4. The first kappa shape index (κ1) is 19.6. The zero-order chi connectivity index (χ0) is 21.4. The Balaban J connectivity index is 1.50. The summed E-state index contributed by atoms with van der Waals surface area (Å²) in [5.41, 5.74) is 5.55. The van der Waals surface area contributed by atoms with E-state index in [4.69, 9.17) is 0 Å². The van der Waals surface area contributed by atoms with Crippen molar-refractivity contribution in [3.63, 3.8) is 0 Å². The molecule has 0 radical (unpaired) electrons. The van der Waals surface area contributed by atoms with Gasteiger partial charge >= 0.3 is 0 Å². The second kappa shape index (κ2) is 8.03. The van der Waals surface area contributed by atoms with Crippen LogP contribution in [0.1, 0.15) is 34.6 Å². The van der Waals surface area contributed by atoms with Crippen LogP contribution in [0, 0.1) is 5.82 Å². The Kier molecular flexibility index (Phi) is 5.06. The van der Waals surface area contributed by atoms with Crippen LogP contribution in [0.15, 0.2) is 79.0 Å². The molecular formula is C27H25FN2O. The van der Waals surface area contributed by atoms with Gasteiger partial charge in [0.2, 0.25) is 5.91 Å². The van der Waals surface area contributed by atoms with E-state index >= 15 is 0 Å². The summed E-state index contributed by atoms with van der Waals surface area (Å²) in [6.07, 6.45) is 3.28. The van der Waals surface area contributed by atoms with Gasteiger partial charge in [-0.25, -0.2) is 4.39 Å². The Morgan fingerprint density at radius 2 is 1.77 bits per heavy atom. The third-order valence-corrected chi connectivity index (χ3v) is 6.42. The molecule has 1 aliphatic rings. The Morgan fingerprint density at radius 3 is 2.61 bits per heavy atom. The van der Waals surface area contributed by atoms with E-state index in [1.165, 1.54) is 17.2 Å². The molecule has 4 aromatic rings. The van der Waals surface area contributed by atoms with Crippen LogP contribution >= 0.6 is 0 Å². The molecule has 1 atom stereocenters. The molecule has 1 aliphatic heterocycles. The fourth-order valence-corrected chi connectivity index (χ4v) is 4.79. The summed E-state index contributed by atoms with van der Waals surface area (Å²) in [7, 11) is 2.01. The number of halogens is 1. The average molecular weight is 413 g/mol. The number of fused-ring (bicyclic) bond motifs is 2. The lowest BCUT2D eigenvalue weighted by Gasteiger charge is -2.30. The maximum absolute atomic E-state index is 14.1. The van der Waals surface area contributed by atoms with E-state index in [0.717, 1.165) is 35.0 Å². The van der Waals surface area contributed by atoms with Gasteiger partial charge < -0.3 is 9.47 Å². The van der Waals surface area contributed by atoms with Crippen LogP contribution in [0.3, 0.4) is 0 Å². The van der Waals surface area contributed by atoms with Gasteiger partial charge in [0.25, 0.3) is 0 Å². The van der Waals surface area contributed by atoms with Crippen molar-refractivity contribution in [2.24, 2.45) is 7.05 Å². The molecule has 0 saturated heterocycles. The molecule has 1 aromatic heterocycles. The van der Waals surface area contributed by atoms with Crippen LogP contribution in [-0.2, 0) is 24.8 Å². The minimum Gasteiger partial charge on any atom is -0.350 e. The molecule has 0 saturated carbocycles. The van der Waals surface area contributed by atoms with E-state index in [1.807, 2.05) is 36.2 Å². The lowest BCUT2D eigenvalue weighted by molar-refractivity contribution is -0.132. The molecule has 3 aromatic carbocycles. The monoisotopic (exact) mass is 412 g/mol. The number of rotatable bonds is 4. The van der Waals surface area contributed by atoms with Crippen molar-refractivity contribution in [2.45, 2.75) is 25.3 Å². The summed E-state index contributed by atoms with van der Waals surface area (Å²) in [5.74, 6) is -0.370. The van der Waals surface area contributed by atoms with Crippen LogP contribution < -0.4 is 0 Å². The number of aryl methyl sites for hydroxylation is 1. The Labute approximate surface area is 181 Å². The summed E-state index contributed by atoms with van der Waals surface area (Å²) in [6.45, 7) is 1.36. The van der Waals surface area contributed by atoms with Crippen LogP contribution in [0.2, 0.25) is 0 Å². The summed E-state index contributed by atoms with van der Waals surface area (Å²) < 4.78 is 16.2. The molecular weight excluding hydrogens is 387 g/mol. The second-order valence-electron chi connectivity index (χ2n) is 8.36. The van der Waals surface area contributed by atoms with Gasteiger partial charge in [-0.1, -0.05) is 54.6 Å². The first-order chi connectivity index (χ1) is 15.1. The highest BCUT2D eigenvalue weighted by atomic mass is 19.1. The topological polar surface area (TPSA) is 25.2 Å². The van der Waals surface area contributed by atoms with Gasteiger partial charge in [0, 0.05) is 49.6 Å². The van der Waals surface area contributed by atoms with Crippen molar-refractivity contribution in [3.05, 3.63) is 107 Å². The zero-order valence-electron chi connectivity index (χ0n) is 17.6. The Bertz CT molecular complexity index is 1260. The molecule has 31 heavy (non-hydrogen) atoms. The number of hydrogen-bond acceptors (Lipinski definition) is 1. The standard InChI is InChI=1S/C27H25FN2O/c1-29-18-25(23-11-4-5-12-26(23)29)24(20-9-6-10-22(28)15-20)16-27(31)30-14-13-19-7-2-3-8-21(19)17-30/h2-12,15,18,24H,13-14,16-17H2,1H3. The van der Waals surface area contributed by atoms with Gasteiger partial charge in [0.1, 0.15) is 5.82 Å². The highest BCUT2D eigenvalue weighted by Crippen LogP contribution is 2.35. The fraction of sp³-hybridized carbons (Fsp3) is 0.222. The van der Waals surface area contributed by atoms with Gasteiger partial charge in [-0.3, -0.25) is 4.79 Å². The molecule has 5 rings (SSSR count). The van der Waals surface area contributed by atoms with Gasteiger partial charge in [0.05, 0.1) is 0 Å². The molecule has 3 nitrogen and oxygen atoms in total. The predicted octanol–water partition coefficient (Wildman–Crippen LogP) is 5.42. The first-order valence-corrected chi connectivity index (χ1v) is 10.7. The molecule has 1 amide bonds. The van der Waals surface area contributed by atoms with E-state index in [1.54, 1.807) is 12.1 Å². The quantitative estimate of drug-likeness (QED) is 0.439. The molecule has 1 unspecified atom stereocenters. The number of aromatic nitrogens is 1. The molecule has 156 valence electrons. The van der Waals surface area contributed by atoms with E-state index in [9.17, 15) is 9.18 Å². The molecule has 2 heterocycles.